The van der Waals surface area contributed by atoms with E-state index in [4.69, 9.17) is 4.74 Å². The lowest BCUT2D eigenvalue weighted by Crippen LogP contribution is -2.53. The molecular weight excluding hydrogens is 543 g/mol. The molecule has 1 heterocycles. The fourth-order valence-electron chi connectivity index (χ4n) is 4.99. The first-order chi connectivity index (χ1) is 19.5. The zero-order valence-electron chi connectivity index (χ0n) is 22.5. The van der Waals surface area contributed by atoms with Crippen molar-refractivity contribution in [3.05, 3.63) is 65.0 Å². The van der Waals surface area contributed by atoms with Crippen LogP contribution < -0.4 is 10.6 Å². The first-order valence-corrected chi connectivity index (χ1v) is 13.4. The minimum Gasteiger partial charge on any atom is -0.508 e. The van der Waals surface area contributed by atoms with Crippen LogP contribution in [0.3, 0.4) is 0 Å². The van der Waals surface area contributed by atoms with E-state index in [0.717, 1.165) is 18.9 Å². The van der Waals surface area contributed by atoms with Crippen LogP contribution in [0, 0.1) is 23.4 Å². The average molecular weight is 576 g/mol. The maximum atomic E-state index is 14.2. The molecule has 0 bridgehead atoms. The fourth-order valence-corrected chi connectivity index (χ4v) is 4.99. The SMILES string of the molecule is COC(=O)[C@H](Cc1ccc(O)cc1)NC(=O)[C@H](CC1CC1)NC(=O)C[C@@H]1CCC(=O)N1Cc1cc(F)cc(F)c1F. The van der Waals surface area contributed by atoms with Gasteiger partial charge in [-0.25, -0.2) is 18.0 Å². The van der Waals surface area contributed by atoms with E-state index in [-0.39, 0.29) is 48.8 Å². The maximum absolute atomic E-state index is 14.2. The average Bonchev–Trinajstić information content (AvgIpc) is 3.69. The number of likely N-dealkylation sites (tertiary alicyclic amines) is 1. The Morgan fingerprint density at radius 2 is 1.76 bits per heavy atom. The van der Waals surface area contributed by atoms with Gasteiger partial charge in [-0.15, -0.1) is 0 Å². The lowest BCUT2D eigenvalue weighted by atomic mass is 10.0. The van der Waals surface area contributed by atoms with Crippen molar-refractivity contribution in [1.82, 2.24) is 15.5 Å². The van der Waals surface area contributed by atoms with Crippen molar-refractivity contribution in [1.29, 1.82) is 0 Å². The molecule has 0 radical (unpaired) electrons. The van der Waals surface area contributed by atoms with E-state index in [1.165, 1.54) is 24.1 Å². The molecule has 3 N–H and O–H groups in total. The van der Waals surface area contributed by atoms with Crippen LogP contribution >= 0.6 is 0 Å². The highest BCUT2D eigenvalue weighted by molar-refractivity contribution is 5.91. The van der Waals surface area contributed by atoms with Gasteiger partial charge in [-0.3, -0.25) is 14.4 Å². The summed E-state index contributed by atoms with van der Waals surface area (Å²) in [5.74, 6) is -5.49. The van der Waals surface area contributed by atoms with Gasteiger partial charge in [-0.1, -0.05) is 25.0 Å². The molecule has 0 spiro atoms. The normalized spacial score (nSPS) is 18.1. The predicted octanol–water partition coefficient (Wildman–Crippen LogP) is 2.88. The molecule has 0 unspecified atom stereocenters. The summed E-state index contributed by atoms with van der Waals surface area (Å²) in [5, 5.41) is 14.9. The molecule has 9 nitrogen and oxygen atoms in total. The van der Waals surface area contributed by atoms with E-state index in [1.54, 1.807) is 12.1 Å². The number of hydrogen-bond acceptors (Lipinski definition) is 6. The van der Waals surface area contributed by atoms with Gasteiger partial charge in [0.05, 0.1) is 7.11 Å². The molecule has 1 aliphatic carbocycles. The number of carbonyl (C=O) groups is 4. The molecule has 220 valence electrons. The molecule has 2 aliphatic rings. The van der Waals surface area contributed by atoms with E-state index in [2.05, 4.69) is 10.6 Å². The van der Waals surface area contributed by atoms with Gasteiger partial charge in [0.25, 0.3) is 0 Å². The maximum Gasteiger partial charge on any atom is 0.328 e. The number of esters is 1. The molecule has 4 rings (SSSR count). The van der Waals surface area contributed by atoms with Crippen molar-refractivity contribution >= 4 is 23.7 Å². The monoisotopic (exact) mass is 575 g/mol. The second-order valence-electron chi connectivity index (χ2n) is 10.5. The number of hydrogen-bond donors (Lipinski definition) is 3. The third kappa shape index (κ3) is 7.99. The van der Waals surface area contributed by atoms with E-state index in [9.17, 15) is 37.5 Å². The molecule has 1 saturated heterocycles. The minimum absolute atomic E-state index is 0.0513. The highest BCUT2D eigenvalue weighted by Gasteiger charge is 2.36. The highest BCUT2D eigenvalue weighted by Crippen LogP contribution is 2.34. The molecule has 3 amide bonds. The van der Waals surface area contributed by atoms with E-state index in [1.807, 2.05) is 0 Å². The van der Waals surface area contributed by atoms with Gasteiger partial charge in [0.2, 0.25) is 17.7 Å². The molecule has 12 heteroatoms. The highest BCUT2D eigenvalue weighted by atomic mass is 19.2. The largest absolute Gasteiger partial charge is 0.508 e. The number of carbonyl (C=O) groups excluding carboxylic acids is 4. The second kappa shape index (κ2) is 13.0. The Bertz CT molecular complexity index is 1300. The second-order valence-corrected chi connectivity index (χ2v) is 10.5. The number of methoxy groups -OCH3 is 1. The van der Waals surface area contributed by atoms with Crippen LogP contribution in [0.2, 0.25) is 0 Å². The fraction of sp³-hybridized carbons (Fsp3) is 0.448. The Morgan fingerprint density at radius 3 is 2.41 bits per heavy atom. The number of nitrogens with one attached hydrogen (secondary N) is 2. The van der Waals surface area contributed by atoms with Gasteiger partial charge in [-0.05, 0) is 42.5 Å². The minimum atomic E-state index is -1.37. The van der Waals surface area contributed by atoms with Crippen LogP contribution in [0.1, 0.15) is 49.7 Å². The summed E-state index contributed by atoms with van der Waals surface area (Å²) in [5.41, 5.74) is 0.332. The summed E-state index contributed by atoms with van der Waals surface area (Å²) in [6, 6.07) is 4.70. The molecule has 3 atom stereocenters. The number of phenols is 1. The van der Waals surface area contributed by atoms with Gasteiger partial charge >= 0.3 is 5.97 Å². The zero-order valence-corrected chi connectivity index (χ0v) is 22.5. The standard InChI is InChI=1S/C29H32F3N3O6/c1-41-29(40)24(11-17-4-7-21(36)8-5-17)34-28(39)23(10-16-2-3-16)33-25(37)14-20-6-9-26(38)35(20)15-18-12-19(30)13-22(31)27(18)32/h4-5,7-8,12-13,16,20,23-24,36H,2-3,6,9-11,14-15H2,1H3,(H,33,37)(H,34,39)/t20-,23-,24-/m0/s1. The third-order valence-electron chi connectivity index (χ3n) is 7.38. The Kier molecular flexibility index (Phi) is 9.51. The Labute approximate surface area is 235 Å². The smallest absolute Gasteiger partial charge is 0.328 e. The van der Waals surface area contributed by atoms with Gasteiger partial charge in [0, 0.05) is 43.5 Å². The van der Waals surface area contributed by atoms with Crippen LogP contribution in [0.25, 0.3) is 0 Å². The third-order valence-corrected chi connectivity index (χ3v) is 7.38. The number of benzene rings is 2. The van der Waals surface area contributed by atoms with Crippen LogP contribution in [0.5, 0.6) is 5.75 Å². The predicted molar refractivity (Wildman–Crippen MR) is 140 cm³/mol. The lowest BCUT2D eigenvalue weighted by Gasteiger charge is -2.26. The first-order valence-electron chi connectivity index (χ1n) is 13.4. The molecule has 41 heavy (non-hydrogen) atoms. The number of rotatable bonds is 12. The van der Waals surface area contributed by atoms with Gasteiger partial charge in [0.15, 0.2) is 11.6 Å². The molecule has 1 aliphatic heterocycles. The summed E-state index contributed by atoms with van der Waals surface area (Å²) in [6.45, 7) is -0.401. The molecule has 2 fully saturated rings. The summed E-state index contributed by atoms with van der Waals surface area (Å²) in [4.78, 5) is 52.4. The molecule has 2 aromatic carbocycles. The summed E-state index contributed by atoms with van der Waals surface area (Å²) in [6.07, 6.45) is 2.41. The van der Waals surface area contributed by atoms with E-state index in [0.29, 0.717) is 18.1 Å². The van der Waals surface area contributed by atoms with Crippen LogP contribution in [-0.4, -0.2) is 58.9 Å². The quantitative estimate of drug-likeness (QED) is 0.264. The Balaban J connectivity index is 1.41. The van der Waals surface area contributed by atoms with Crippen molar-refractivity contribution in [2.75, 3.05) is 7.11 Å². The topological polar surface area (TPSA) is 125 Å². The van der Waals surface area contributed by atoms with Crippen molar-refractivity contribution < 1.29 is 42.2 Å². The van der Waals surface area contributed by atoms with Gasteiger partial charge < -0.3 is 25.4 Å². The van der Waals surface area contributed by atoms with Crippen LogP contribution in [-0.2, 0) is 36.9 Å². The van der Waals surface area contributed by atoms with Gasteiger partial charge in [0.1, 0.15) is 23.7 Å². The number of ether oxygens (including phenoxy) is 1. The first kappa shape index (κ1) is 29.9. The summed E-state index contributed by atoms with van der Waals surface area (Å²) >= 11 is 0. The number of phenolic OH excluding ortho intramolecular Hbond substituents is 1. The molecular formula is C29H32F3N3O6. The summed E-state index contributed by atoms with van der Waals surface area (Å²) < 4.78 is 46.4. The van der Waals surface area contributed by atoms with Gasteiger partial charge in [-0.2, -0.15) is 0 Å². The van der Waals surface area contributed by atoms with Crippen LogP contribution in [0.15, 0.2) is 36.4 Å². The molecule has 1 saturated carbocycles. The lowest BCUT2D eigenvalue weighted by molar-refractivity contribution is -0.145. The zero-order chi connectivity index (χ0) is 29.7. The molecule has 2 aromatic rings. The number of halogens is 3. The number of amides is 3. The Hall–Kier alpha value is -4.09. The van der Waals surface area contributed by atoms with Crippen molar-refractivity contribution in [2.24, 2.45) is 5.92 Å². The number of aromatic hydroxyl groups is 1. The van der Waals surface area contributed by atoms with Crippen molar-refractivity contribution in [2.45, 2.75) is 69.6 Å². The van der Waals surface area contributed by atoms with E-state index >= 15 is 0 Å². The van der Waals surface area contributed by atoms with Crippen LogP contribution in [0.4, 0.5) is 13.2 Å². The van der Waals surface area contributed by atoms with Crippen molar-refractivity contribution in [3.63, 3.8) is 0 Å². The Morgan fingerprint density at radius 1 is 1.05 bits per heavy atom. The van der Waals surface area contributed by atoms with E-state index < -0.39 is 59.9 Å². The summed E-state index contributed by atoms with van der Waals surface area (Å²) in [7, 11) is 1.19. The molecule has 0 aromatic heterocycles. The number of nitrogens with zero attached hydrogens (tertiary/aromatic N) is 1. The van der Waals surface area contributed by atoms with Crippen molar-refractivity contribution in [3.8, 4) is 5.75 Å².